The van der Waals surface area contributed by atoms with Gasteiger partial charge in [0.1, 0.15) is 4.83 Å². The van der Waals surface area contributed by atoms with Crippen molar-refractivity contribution in [2.24, 2.45) is 5.92 Å². The summed E-state index contributed by atoms with van der Waals surface area (Å²) in [6, 6.07) is 7.87. The van der Waals surface area contributed by atoms with Crippen LogP contribution < -0.4 is 10.2 Å². The number of nitrogens with zero attached hydrogens (tertiary/aromatic N) is 4. The zero-order valence-electron chi connectivity index (χ0n) is 19.5. The van der Waals surface area contributed by atoms with Crippen molar-refractivity contribution in [3.8, 4) is 0 Å². The molecule has 1 N–H and O–H groups in total. The number of aromatic nitrogens is 2. The Morgan fingerprint density at radius 1 is 1.06 bits per heavy atom. The molecule has 2 aliphatic heterocycles. The van der Waals surface area contributed by atoms with Crippen molar-refractivity contribution in [3.05, 3.63) is 47.3 Å². The summed E-state index contributed by atoms with van der Waals surface area (Å²) < 4.78 is 9.93. The number of aryl methyl sites for hydroxylation is 2. The second-order valence-corrected chi connectivity index (χ2v) is 9.74. The van der Waals surface area contributed by atoms with Crippen LogP contribution in [0.2, 0.25) is 0 Å². The van der Waals surface area contributed by atoms with Gasteiger partial charge in [-0.2, -0.15) is 4.37 Å². The Hall–Kier alpha value is -3.04. The van der Waals surface area contributed by atoms with E-state index in [9.17, 15) is 9.59 Å². The van der Waals surface area contributed by atoms with Crippen molar-refractivity contribution in [2.75, 3.05) is 49.6 Å². The molecule has 3 aromatic rings. The van der Waals surface area contributed by atoms with E-state index >= 15 is 0 Å². The number of carbonyl (C=O) groups excluding carboxylic acids is 2. The molecule has 1 aromatic carbocycles. The van der Waals surface area contributed by atoms with Gasteiger partial charge in [0.25, 0.3) is 5.91 Å². The molecule has 0 aliphatic carbocycles. The van der Waals surface area contributed by atoms with Crippen molar-refractivity contribution < 1.29 is 14.3 Å². The van der Waals surface area contributed by atoms with Gasteiger partial charge in [-0.3, -0.25) is 9.59 Å². The molecule has 178 valence electrons. The van der Waals surface area contributed by atoms with Crippen LogP contribution in [0.5, 0.6) is 0 Å². The number of benzene rings is 1. The molecule has 2 fully saturated rings. The van der Waals surface area contributed by atoms with Crippen LogP contribution in [0.3, 0.4) is 0 Å². The summed E-state index contributed by atoms with van der Waals surface area (Å²) in [6.07, 6.45) is 3.15. The number of amides is 2. The second kappa shape index (κ2) is 9.68. The molecule has 0 saturated carbocycles. The maximum atomic E-state index is 13.5. The topological polar surface area (TPSA) is 87.7 Å². The number of morpholine rings is 1. The average Bonchev–Trinajstić information content (AvgIpc) is 3.26. The van der Waals surface area contributed by atoms with E-state index in [2.05, 4.69) is 19.6 Å². The van der Waals surface area contributed by atoms with Crippen molar-refractivity contribution in [1.82, 2.24) is 14.3 Å². The van der Waals surface area contributed by atoms with Crippen molar-refractivity contribution in [1.29, 1.82) is 0 Å². The Morgan fingerprint density at radius 2 is 1.76 bits per heavy atom. The monoisotopic (exact) mass is 479 g/mol. The standard InChI is InChI=1S/C25H29N5O3S/c1-16-3-5-19(6-4-16)27-23(31)18-7-9-29(10-8-18)22-20(25(32)30-11-13-33-14-12-30)15-26-24-21(22)17(2)28-34-24/h3-6,15,18H,7-14H2,1-2H3,(H,27,31). The molecule has 34 heavy (non-hydrogen) atoms. The lowest BCUT2D eigenvalue weighted by atomic mass is 9.94. The first-order chi connectivity index (χ1) is 16.5. The summed E-state index contributed by atoms with van der Waals surface area (Å²) in [5.74, 6) is -0.0196. The van der Waals surface area contributed by atoms with Gasteiger partial charge in [0.15, 0.2) is 0 Å². The number of nitrogens with one attached hydrogen (secondary N) is 1. The van der Waals surface area contributed by atoms with Crippen LogP contribution >= 0.6 is 11.5 Å². The summed E-state index contributed by atoms with van der Waals surface area (Å²) in [5.41, 5.74) is 4.40. The molecule has 0 atom stereocenters. The van der Waals surface area contributed by atoms with Crippen molar-refractivity contribution in [2.45, 2.75) is 26.7 Å². The minimum atomic E-state index is -0.0602. The molecule has 9 heteroatoms. The van der Waals surface area contributed by atoms with Gasteiger partial charge in [0.05, 0.1) is 35.5 Å². The zero-order valence-corrected chi connectivity index (χ0v) is 20.4. The van der Waals surface area contributed by atoms with Gasteiger partial charge in [0.2, 0.25) is 5.91 Å². The highest BCUT2D eigenvalue weighted by Crippen LogP contribution is 2.37. The number of ether oxygens (including phenoxy) is 1. The first-order valence-corrected chi connectivity index (χ1v) is 12.5. The Kier molecular flexibility index (Phi) is 6.47. The van der Waals surface area contributed by atoms with Crippen molar-refractivity contribution in [3.63, 3.8) is 0 Å². The number of anilines is 2. The van der Waals surface area contributed by atoms with Gasteiger partial charge < -0.3 is 19.9 Å². The minimum absolute atomic E-state index is 0.0162. The molecular formula is C25H29N5O3S. The molecular weight excluding hydrogens is 450 g/mol. The molecule has 0 unspecified atom stereocenters. The molecule has 0 radical (unpaired) electrons. The van der Waals surface area contributed by atoms with E-state index in [0.717, 1.165) is 45.7 Å². The SMILES string of the molecule is Cc1ccc(NC(=O)C2CCN(c3c(C(=O)N4CCOCC4)cnc4snc(C)c34)CC2)cc1. The molecule has 0 spiro atoms. The van der Waals surface area contributed by atoms with Gasteiger partial charge in [-0.25, -0.2) is 4.98 Å². The van der Waals surface area contributed by atoms with Crippen LogP contribution in [0.15, 0.2) is 30.5 Å². The third kappa shape index (κ3) is 4.50. The third-order valence-corrected chi connectivity index (χ3v) is 7.52. The Labute approximate surface area is 203 Å². The minimum Gasteiger partial charge on any atom is -0.378 e. The zero-order chi connectivity index (χ0) is 23.7. The number of hydrogen-bond acceptors (Lipinski definition) is 7. The quantitative estimate of drug-likeness (QED) is 0.615. The van der Waals surface area contributed by atoms with Gasteiger partial charge in [-0.1, -0.05) is 17.7 Å². The fourth-order valence-electron chi connectivity index (χ4n) is 4.71. The summed E-state index contributed by atoms with van der Waals surface area (Å²) in [6.45, 7) is 7.66. The van der Waals surface area contributed by atoms with E-state index in [1.807, 2.05) is 43.0 Å². The summed E-state index contributed by atoms with van der Waals surface area (Å²) in [4.78, 5) is 35.8. The number of pyridine rings is 1. The van der Waals surface area contributed by atoms with Crippen LogP contribution in [-0.2, 0) is 9.53 Å². The highest BCUT2D eigenvalue weighted by atomic mass is 32.1. The molecule has 2 saturated heterocycles. The molecule has 2 aromatic heterocycles. The molecule has 0 bridgehead atoms. The fourth-order valence-corrected chi connectivity index (χ4v) is 5.46. The van der Waals surface area contributed by atoms with Crippen LogP contribution in [0.4, 0.5) is 11.4 Å². The number of carbonyl (C=O) groups is 2. The van der Waals surface area contributed by atoms with Crippen LogP contribution in [0.25, 0.3) is 10.2 Å². The first-order valence-electron chi connectivity index (χ1n) is 11.8. The molecule has 2 aliphatic rings. The predicted octanol–water partition coefficient (Wildman–Crippen LogP) is 3.64. The lowest BCUT2D eigenvalue weighted by Crippen LogP contribution is -2.42. The van der Waals surface area contributed by atoms with Gasteiger partial charge >= 0.3 is 0 Å². The second-order valence-electron chi connectivity index (χ2n) is 8.99. The summed E-state index contributed by atoms with van der Waals surface area (Å²) >= 11 is 1.36. The highest BCUT2D eigenvalue weighted by molar-refractivity contribution is 7.13. The highest BCUT2D eigenvalue weighted by Gasteiger charge is 2.31. The lowest BCUT2D eigenvalue weighted by molar-refractivity contribution is -0.120. The van der Waals surface area contributed by atoms with Crippen molar-refractivity contribution >= 4 is 44.9 Å². The predicted molar refractivity (Wildman–Crippen MR) is 134 cm³/mol. The number of fused-ring (bicyclic) bond motifs is 1. The van der Waals surface area contributed by atoms with E-state index in [0.29, 0.717) is 45.0 Å². The van der Waals surface area contributed by atoms with Gasteiger partial charge in [0, 0.05) is 44.0 Å². The Balaban J connectivity index is 1.36. The number of rotatable bonds is 4. The number of hydrogen-bond donors (Lipinski definition) is 1. The molecule has 8 nitrogen and oxygen atoms in total. The van der Waals surface area contributed by atoms with Crippen LogP contribution in [0, 0.1) is 19.8 Å². The van der Waals surface area contributed by atoms with Crippen LogP contribution in [-0.4, -0.2) is 65.5 Å². The summed E-state index contributed by atoms with van der Waals surface area (Å²) in [5, 5.41) is 4.00. The van der Waals surface area contributed by atoms with E-state index in [-0.39, 0.29) is 17.7 Å². The number of piperidine rings is 1. The smallest absolute Gasteiger partial charge is 0.257 e. The van der Waals surface area contributed by atoms with Crippen LogP contribution in [0.1, 0.15) is 34.5 Å². The molecule has 2 amide bonds. The maximum absolute atomic E-state index is 13.5. The largest absolute Gasteiger partial charge is 0.378 e. The van der Waals surface area contributed by atoms with E-state index in [4.69, 9.17) is 4.74 Å². The molecule has 5 rings (SSSR count). The normalized spacial score (nSPS) is 17.2. The molecule has 4 heterocycles. The summed E-state index contributed by atoms with van der Waals surface area (Å²) in [7, 11) is 0. The lowest BCUT2D eigenvalue weighted by Gasteiger charge is -2.35. The maximum Gasteiger partial charge on any atom is 0.257 e. The fraction of sp³-hybridized carbons (Fsp3) is 0.440. The van der Waals surface area contributed by atoms with E-state index in [1.54, 1.807) is 6.20 Å². The van der Waals surface area contributed by atoms with E-state index in [1.165, 1.54) is 11.5 Å². The van der Waals surface area contributed by atoms with Gasteiger partial charge in [-0.05, 0) is 50.4 Å². The third-order valence-electron chi connectivity index (χ3n) is 6.68. The Bertz CT molecular complexity index is 1200. The Morgan fingerprint density at radius 3 is 2.47 bits per heavy atom. The van der Waals surface area contributed by atoms with E-state index < -0.39 is 0 Å². The average molecular weight is 480 g/mol. The first kappa shape index (κ1) is 22.7. The van der Waals surface area contributed by atoms with Gasteiger partial charge in [-0.15, -0.1) is 0 Å².